The van der Waals surface area contributed by atoms with Gasteiger partial charge in [0.05, 0.1) is 12.1 Å². The number of nitrogens with two attached hydrogens (primary N) is 1. The number of rotatable bonds is 6. The van der Waals surface area contributed by atoms with Gasteiger partial charge >= 0.3 is 0 Å². The third-order valence-electron chi connectivity index (χ3n) is 1.93. The summed E-state index contributed by atoms with van der Waals surface area (Å²) in [6.07, 6.45) is 4.46. The maximum atomic E-state index is 11.5. The van der Waals surface area contributed by atoms with Crippen LogP contribution < -0.4 is 11.1 Å². The minimum atomic E-state index is -0.0976. The standard InChI is InChI=1S/C10H16N2O2S.ClH/c1-15-4-2-3-12-10(13)8-5-9(6-11)14-7-8;/h5,7H,2-4,6,11H2,1H3,(H,12,13);1H. The van der Waals surface area contributed by atoms with Crippen molar-refractivity contribution in [2.75, 3.05) is 18.6 Å². The summed E-state index contributed by atoms with van der Waals surface area (Å²) >= 11 is 1.77. The molecular formula is C10H17ClN2O2S. The molecule has 0 aliphatic rings. The van der Waals surface area contributed by atoms with Gasteiger partial charge in [-0.05, 0) is 24.5 Å². The van der Waals surface area contributed by atoms with Gasteiger partial charge in [-0.25, -0.2) is 0 Å². The first-order valence-electron chi connectivity index (χ1n) is 4.82. The molecule has 1 amide bonds. The number of hydrogen-bond donors (Lipinski definition) is 2. The fourth-order valence-electron chi connectivity index (χ4n) is 1.13. The molecule has 92 valence electrons. The maximum absolute atomic E-state index is 11.5. The summed E-state index contributed by atoms with van der Waals surface area (Å²) in [6.45, 7) is 1.02. The molecule has 1 aromatic rings. The molecule has 1 heterocycles. The normalized spacial score (nSPS) is 9.62. The van der Waals surface area contributed by atoms with Crippen LogP contribution in [0.15, 0.2) is 16.7 Å². The number of halogens is 1. The Labute approximate surface area is 106 Å². The highest BCUT2D eigenvalue weighted by Gasteiger charge is 2.08. The summed E-state index contributed by atoms with van der Waals surface area (Å²) < 4.78 is 5.07. The number of nitrogens with one attached hydrogen (secondary N) is 1. The van der Waals surface area contributed by atoms with E-state index in [1.54, 1.807) is 17.8 Å². The number of hydrogen-bond acceptors (Lipinski definition) is 4. The number of carbonyl (C=O) groups excluding carboxylic acids is 1. The summed E-state index contributed by atoms with van der Waals surface area (Å²) in [6, 6.07) is 1.67. The van der Waals surface area contributed by atoms with E-state index in [0.717, 1.165) is 12.2 Å². The van der Waals surface area contributed by atoms with Crippen LogP contribution in [0.2, 0.25) is 0 Å². The Morgan fingerprint density at radius 3 is 2.94 bits per heavy atom. The minimum Gasteiger partial charge on any atom is -0.467 e. The van der Waals surface area contributed by atoms with Crippen molar-refractivity contribution in [1.82, 2.24) is 5.32 Å². The highest BCUT2D eigenvalue weighted by Crippen LogP contribution is 2.06. The van der Waals surface area contributed by atoms with E-state index >= 15 is 0 Å². The quantitative estimate of drug-likeness (QED) is 0.767. The van der Waals surface area contributed by atoms with E-state index in [4.69, 9.17) is 10.2 Å². The molecule has 0 fully saturated rings. The zero-order chi connectivity index (χ0) is 11.1. The van der Waals surface area contributed by atoms with Crippen LogP contribution in [-0.4, -0.2) is 24.5 Å². The van der Waals surface area contributed by atoms with Gasteiger partial charge in [-0.3, -0.25) is 4.79 Å². The van der Waals surface area contributed by atoms with Gasteiger partial charge in [-0.1, -0.05) is 0 Å². The van der Waals surface area contributed by atoms with E-state index in [-0.39, 0.29) is 18.3 Å². The van der Waals surface area contributed by atoms with Crippen LogP contribution in [0.3, 0.4) is 0 Å². The van der Waals surface area contributed by atoms with E-state index in [1.807, 2.05) is 6.26 Å². The van der Waals surface area contributed by atoms with Crippen molar-refractivity contribution in [3.63, 3.8) is 0 Å². The molecule has 4 nitrogen and oxygen atoms in total. The van der Waals surface area contributed by atoms with Gasteiger partial charge in [0, 0.05) is 6.54 Å². The summed E-state index contributed by atoms with van der Waals surface area (Å²) in [5.41, 5.74) is 5.92. The van der Waals surface area contributed by atoms with E-state index in [9.17, 15) is 4.79 Å². The molecule has 0 unspecified atom stereocenters. The molecule has 0 bridgehead atoms. The maximum Gasteiger partial charge on any atom is 0.254 e. The largest absolute Gasteiger partial charge is 0.467 e. The molecule has 0 spiro atoms. The van der Waals surface area contributed by atoms with E-state index in [1.165, 1.54) is 6.26 Å². The Hall–Kier alpha value is -0.650. The van der Waals surface area contributed by atoms with Crippen LogP contribution in [0.4, 0.5) is 0 Å². The Morgan fingerprint density at radius 1 is 1.62 bits per heavy atom. The Morgan fingerprint density at radius 2 is 2.38 bits per heavy atom. The Balaban J connectivity index is 0.00000225. The molecule has 0 atom stereocenters. The lowest BCUT2D eigenvalue weighted by atomic mass is 10.3. The van der Waals surface area contributed by atoms with Crippen LogP contribution in [0.5, 0.6) is 0 Å². The zero-order valence-corrected chi connectivity index (χ0v) is 10.8. The van der Waals surface area contributed by atoms with Crippen LogP contribution >= 0.6 is 24.2 Å². The molecule has 3 N–H and O–H groups in total. The van der Waals surface area contributed by atoms with E-state index < -0.39 is 0 Å². The first-order valence-corrected chi connectivity index (χ1v) is 6.22. The van der Waals surface area contributed by atoms with Crippen molar-refractivity contribution in [2.45, 2.75) is 13.0 Å². The molecule has 16 heavy (non-hydrogen) atoms. The number of thioether (sulfide) groups is 1. The van der Waals surface area contributed by atoms with Crippen molar-refractivity contribution in [1.29, 1.82) is 0 Å². The van der Waals surface area contributed by atoms with Crippen molar-refractivity contribution in [3.8, 4) is 0 Å². The first kappa shape index (κ1) is 15.3. The van der Waals surface area contributed by atoms with Crippen LogP contribution in [0.25, 0.3) is 0 Å². The summed E-state index contributed by atoms with van der Waals surface area (Å²) in [5.74, 6) is 1.59. The average molecular weight is 265 g/mol. The predicted octanol–water partition coefficient (Wildman–Crippen LogP) is 1.64. The van der Waals surface area contributed by atoms with Crippen molar-refractivity contribution in [2.24, 2.45) is 5.73 Å². The number of furan rings is 1. The van der Waals surface area contributed by atoms with Crippen molar-refractivity contribution in [3.05, 3.63) is 23.7 Å². The van der Waals surface area contributed by atoms with Gasteiger partial charge in [0.1, 0.15) is 12.0 Å². The Kier molecular flexibility index (Phi) is 8.15. The summed E-state index contributed by atoms with van der Waals surface area (Å²) in [4.78, 5) is 11.5. The third-order valence-corrected chi connectivity index (χ3v) is 2.62. The molecule has 0 aliphatic carbocycles. The van der Waals surface area contributed by atoms with Crippen LogP contribution in [0.1, 0.15) is 22.5 Å². The highest BCUT2D eigenvalue weighted by molar-refractivity contribution is 7.98. The molecule has 0 saturated carbocycles. The minimum absolute atomic E-state index is 0. The molecule has 0 saturated heterocycles. The second kappa shape index (κ2) is 8.50. The number of amides is 1. The van der Waals surface area contributed by atoms with E-state index in [0.29, 0.717) is 24.4 Å². The first-order chi connectivity index (χ1) is 7.27. The van der Waals surface area contributed by atoms with Gasteiger partial charge in [-0.2, -0.15) is 11.8 Å². The van der Waals surface area contributed by atoms with E-state index in [2.05, 4.69) is 5.32 Å². The molecule has 1 rings (SSSR count). The molecule has 0 aromatic carbocycles. The lowest BCUT2D eigenvalue weighted by Gasteiger charge is -2.01. The predicted molar refractivity (Wildman–Crippen MR) is 69.2 cm³/mol. The monoisotopic (exact) mass is 264 g/mol. The van der Waals surface area contributed by atoms with Gasteiger partial charge in [0.25, 0.3) is 5.91 Å². The van der Waals surface area contributed by atoms with Gasteiger partial charge in [0.2, 0.25) is 0 Å². The molecule has 0 radical (unpaired) electrons. The number of carbonyl (C=O) groups is 1. The third kappa shape index (κ3) is 4.92. The fourth-order valence-corrected chi connectivity index (χ4v) is 1.56. The summed E-state index contributed by atoms with van der Waals surface area (Å²) in [5, 5.41) is 2.82. The van der Waals surface area contributed by atoms with Crippen LogP contribution in [-0.2, 0) is 6.54 Å². The molecule has 6 heteroatoms. The second-order valence-corrected chi connectivity index (χ2v) is 4.09. The molecular weight excluding hydrogens is 248 g/mol. The second-order valence-electron chi connectivity index (χ2n) is 3.11. The Bertz CT molecular complexity index is 318. The fraction of sp³-hybridized carbons (Fsp3) is 0.500. The lowest BCUT2D eigenvalue weighted by molar-refractivity contribution is 0.0953. The average Bonchev–Trinajstić information content (AvgIpc) is 2.72. The van der Waals surface area contributed by atoms with Gasteiger partial charge in [-0.15, -0.1) is 12.4 Å². The van der Waals surface area contributed by atoms with Crippen LogP contribution in [0, 0.1) is 0 Å². The van der Waals surface area contributed by atoms with Crippen molar-refractivity contribution < 1.29 is 9.21 Å². The molecule has 1 aromatic heterocycles. The smallest absolute Gasteiger partial charge is 0.254 e. The lowest BCUT2D eigenvalue weighted by Crippen LogP contribution is -2.24. The van der Waals surface area contributed by atoms with Gasteiger partial charge in [0.15, 0.2) is 0 Å². The topological polar surface area (TPSA) is 68.3 Å². The SMILES string of the molecule is CSCCCNC(=O)c1coc(CN)c1.Cl. The zero-order valence-electron chi connectivity index (χ0n) is 9.19. The van der Waals surface area contributed by atoms with Crippen molar-refractivity contribution >= 4 is 30.1 Å². The highest BCUT2D eigenvalue weighted by atomic mass is 35.5. The van der Waals surface area contributed by atoms with Gasteiger partial charge < -0.3 is 15.5 Å². The summed E-state index contributed by atoms with van der Waals surface area (Å²) in [7, 11) is 0. The molecule has 0 aliphatic heterocycles.